The van der Waals surface area contributed by atoms with Gasteiger partial charge in [0.15, 0.2) is 0 Å². The van der Waals surface area contributed by atoms with Crippen LogP contribution in [-0.4, -0.2) is 17.0 Å². The van der Waals surface area contributed by atoms with Crippen molar-refractivity contribution in [2.45, 2.75) is 39.0 Å². The molecule has 1 heterocycles. The third kappa shape index (κ3) is 3.97. The van der Waals surface area contributed by atoms with Crippen LogP contribution in [-0.2, 0) is 4.79 Å². The van der Waals surface area contributed by atoms with E-state index in [-0.39, 0.29) is 16.9 Å². The average Bonchev–Trinajstić information content (AvgIpc) is 2.28. The minimum Gasteiger partial charge on any atom is -0.339 e. The maximum absolute atomic E-state index is 11.8. The second kappa shape index (κ2) is 6.97. The highest BCUT2D eigenvalue weighted by molar-refractivity contribution is 8.22. The molecule has 3 nitrogen and oxygen atoms in total. The number of carbonyl (C=O) groups excluding carboxylic acids is 1. The van der Waals surface area contributed by atoms with Crippen molar-refractivity contribution in [3.8, 4) is 6.07 Å². The van der Waals surface area contributed by atoms with E-state index in [1.54, 1.807) is 23.5 Å². The van der Waals surface area contributed by atoms with Crippen LogP contribution >= 0.6 is 23.5 Å². The van der Waals surface area contributed by atoms with Crippen molar-refractivity contribution in [1.82, 2.24) is 5.32 Å². The molecule has 0 aromatic heterocycles. The summed E-state index contributed by atoms with van der Waals surface area (Å²) in [6.45, 7) is 6.28. The highest BCUT2D eigenvalue weighted by Gasteiger charge is 2.29. The molecule has 1 atom stereocenters. The van der Waals surface area contributed by atoms with Crippen molar-refractivity contribution < 1.29 is 4.79 Å². The van der Waals surface area contributed by atoms with E-state index in [1.807, 2.05) is 6.07 Å². The summed E-state index contributed by atoms with van der Waals surface area (Å²) in [6, 6.07) is 2.02. The number of unbranched alkanes of at least 4 members (excludes halogenated alkanes) is 1. The lowest BCUT2D eigenvalue weighted by Crippen LogP contribution is -2.40. The van der Waals surface area contributed by atoms with Crippen molar-refractivity contribution in [3.63, 3.8) is 0 Å². The molecule has 0 aromatic carbocycles. The molecule has 1 aliphatic rings. The predicted octanol–water partition coefficient (Wildman–Crippen LogP) is 3.10. The number of hydrogen-bond acceptors (Lipinski definition) is 4. The van der Waals surface area contributed by atoms with E-state index in [0.717, 1.165) is 22.8 Å². The molecule has 1 N–H and O–H groups in total. The second-order valence-electron chi connectivity index (χ2n) is 4.23. The Labute approximate surface area is 111 Å². The van der Waals surface area contributed by atoms with Gasteiger partial charge in [-0.05, 0) is 18.1 Å². The van der Waals surface area contributed by atoms with E-state index in [0.29, 0.717) is 5.92 Å². The summed E-state index contributed by atoms with van der Waals surface area (Å²) >= 11 is 3.25. The van der Waals surface area contributed by atoms with Gasteiger partial charge in [0.25, 0.3) is 5.91 Å². The monoisotopic (exact) mass is 270 g/mol. The number of rotatable bonds is 5. The Morgan fingerprint density at radius 3 is 2.82 bits per heavy atom. The average molecular weight is 270 g/mol. The minimum atomic E-state index is -0.219. The van der Waals surface area contributed by atoms with Crippen molar-refractivity contribution in [3.05, 3.63) is 9.81 Å². The Morgan fingerprint density at radius 2 is 2.29 bits per heavy atom. The van der Waals surface area contributed by atoms with Crippen molar-refractivity contribution in [2.24, 2.45) is 5.92 Å². The highest BCUT2D eigenvalue weighted by atomic mass is 32.2. The maximum Gasteiger partial charge on any atom is 0.264 e. The molecule has 17 heavy (non-hydrogen) atoms. The van der Waals surface area contributed by atoms with E-state index in [1.165, 1.54) is 0 Å². The van der Waals surface area contributed by atoms with Crippen LogP contribution in [0.25, 0.3) is 0 Å². The van der Waals surface area contributed by atoms with Gasteiger partial charge in [0.2, 0.25) is 0 Å². The van der Waals surface area contributed by atoms with Crippen LogP contribution in [0.3, 0.4) is 0 Å². The lowest BCUT2D eigenvalue weighted by Gasteiger charge is -2.27. The predicted molar refractivity (Wildman–Crippen MR) is 74.4 cm³/mol. The quantitative estimate of drug-likeness (QED) is 0.780. The Kier molecular flexibility index (Phi) is 5.93. The number of carbonyl (C=O) groups is 1. The summed E-state index contributed by atoms with van der Waals surface area (Å²) in [5.74, 6) is 1.12. The zero-order valence-corrected chi connectivity index (χ0v) is 12.1. The van der Waals surface area contributed by atoms with Crippen LogP contribution in [0.15, 0.2) is 9.81 Å². The maximum atomic E-state index is 11.8. The zero-order valence-electron chi connectivity index (χ0n) is 10.4. The Hall–Kier alpha value is -0.600. The second-order valence-corrected chi connectivity index (χ2v) is 6.75. The van der Waals surface area contributed by atoms with E-state index in [9.17, 15) is 4.79 Å². The van der Waals surface area contributed by atoms with Crippen LogP contribution in [0.4, 0.5) is 0 Å². The standard InChI is InChI=1S/C12H18N2OS2/c1-4-5-6-16-12-9(7-13)10(15)14-11(17-12)8(2)3/h8,11H,4-6H2,1-3H3,(H,14,15)/t11-/m0/s1. The number of thioether (sulfide) groups is 2. The van der Waals surface area contributed by atoms with Crippen molar-refractivity contribution in [1.29, 1.82) is 5.26 Å². The lowest BCUT2D eigenvalue weighted by molar-refractivity contribution is -0.117. The molecule has 1 rings (SSSR count). The topological polar surface area (TPSA) is 52.9 Å². The van der Waals surface area contributed by atoms with Crippen molar-refractivity contribution >= 4 is 29.4 Å². The number of nitriles is 1. The molecular weight excluding hydrogens is 252 g/mol. The van der Waals surface area contributed by atoms with Crippen LogP contribution in [0.5, 0.6) is 0 Å². The largest absolute Gasteiger partial charge is 0.339 e. The Balaban J connectivity index is 2.78. The molecule has 5 heteroatoms. The first-order valence-electron chi connectivity index (χ1n) is 5.84. The van der Waals surface area contributed by atoms with Crippen molar-refractivity contribution in [2.75, 3.05) is 5.75 Å². The zero-order chi connectivity index (χ0) is 12.8. The van der Waals surface area contributed by atoms with E-state index in [4.69, 9.17) is 5.26 Å². The number of nitrogens with zero attached hydrogens (tertiary/aromatic N) is 1. The molecule has 0 radical (unpaired) electrons. The van der Waals surface area contributed by atoms with Gasteiger partial charge in [0.1, 0.15) is 11.6 Å². The third-order valence-electron chi connectivity index (χ3n) is 2.39. The lowest BCUT2D eigenvalue weighted by atomic mass is 10.2. The van der Waals surface area contributed by atoms with Gasteiger partial charge in [-0.15, -0.1) is 11.8 Å². The molecule has 0 aliphatic carbocycles. The van der Waals surface area contributed by atoms with Gasteiger partial charge in [-0.3, -0.25) is 4.79 Å². The summed E-state index contributed by atoms with van der Waals surface area (Å²) in [5.41, 5.74) is 0.285. The summed E-state index contributed by atoms with van der Waals surface area (Å²) < 4.78 is 0.892. The first-order valence-corrected chi connectivity index (χ1v) is 7.71. The summed E-state index contributed by atoms with van der Waals surface area (Å²) in [6.07, 6.45) is 2.24. The fourth-order valence-electron chi connectivity index (χ4n) is 1.31. The van der Waals surface area contributed by atoms with Crippen LogP contribution in [0, 0.1) is 17.2 Å². The van der Waals surface area contributed by atoms with Crippen LogP contribution < -0.4 is 5.32 Å². The summed E-state index contributed by atoms with van der Waals surface area (Å²) in [4.78, 5) is 11.8. The van der Waals surface area contributed by atoms with Gasteiger partial charge < -0.3 is 5.32 Å². The number of hydrogen-bond donors (Lipinski definition) is 1. The molecule has 0 saturated carbocycles. The molecule has 0 saturated heterocycles. The molecular formula is C12H18N2OS2. The Bertz CT molecular complexity index is 358. The summed E-state index contributed by atoms with van der Waals surface area (Å²) in [5, 5.41) is 12.0. The molecule has 1 amide bonds. The molecule has 0 unspecified atom stereocenters. The minimum absolute atomic E-state index is 0.0868. The molecule has 1 aliphatic heterocycles. The normalized spacial score (nSPS) is 20.4. The molecule has 0 bridgehead atoms. The van der Waals surface area contributed by atoms with Gasteiger partial charge in [-0.1, -0.05) is 39.0 Å². The van der Waals surface area contributed by atoms with Gasteiger partial charge in [0, 0.05) is 0 Å². The van der Waals surface area contributed by atoms with Crippen LogP contribution in [0.2, 0.25) is 0 Å². The van der Waals surface area contributed by atoms with E-state index < -0.39 is 0 Å². The van der Waals surface area contributed by atoms with E-state index in [2.05, 4.69) is 26.1 Å². The van der Waals surface area contributed by atoms with Gasteiger partial charge in [-0.25, -0.2) is 0 Å². The van der Waals surface area contributed by atoms with Crippen LogP contribution in [0.1, 0.15) is 33.6 Å². The summed E-state index contributed by atoms with van der Waals surface area (Å²) in [7, 11) is 0. The molecule has 0 aromatic rings. The first-order chi connectivity index (χ1) is 8.10. The highest BCUT2D eigenvalue weighted by Crippen LogP contribution is 2.39. The van der Waals surface area contributed by atoms with Gasteiger partial charge in [0.05, 0.1) is 9.61 Å². The molecule has 0 spiro atoms. The number of nitrogens with one attached hydrogen (secondary N) is 1. The van der Waals surface area contributed by atoms with Gasteiger partial charge >= 0.3 is 0 Å². The fourth-order valence-corrected chi connectivity index (χ4v) is 3.97. The number of amides is 1. The fraction of sp³-hybridized carbons (Fsp3) is 0.667. The van der Waals surface area contributed by atoms with E-state index >= 15 is 0 Å². The first kappa shape index (κ1) is 14.5. The molecule has 0 fully saturated rings. The third-order valence-corrected chi connectivity index (χ3v) is 5.32. The van der Waals surface area contributed by atoms with Gasteiger partial charge in [-0.2, -0.15) is 5.26 Å². The smallest absolute Gasteiger partial charge is 0.264 e. The molecule has 94 valence electrons. The Morgan fingerprint density at radius 1 is 1.59 bits per heavy atom. The SMILES string of the molecule is CCCCSC1=C(C#N)C(=O)N[C@H](C(C)C)S1.